The molecule has 0 aliphatic rings. The van der Waals surface area contributed by atoms with E-state index in [2.05, 4.69) is 41.5 Å². The molecule has 0 saturated heterocycles. The first-order chi connectivity index (χ1) is 12.2. The van der Waals surface area contributed by atoms with E-state index in [9.17, 15) is 0 Å². The number of aryl methyl sites for hydroxylation is 2. The Morgan fingerprint density at radius 1 is 1.16 bits per heavy atom. The summed E-state index contributed by atoms with van der Waals surface area (Å²) in [5, 5.41) is 7.11. The highest BCUT2D eigenvalue weighted by atomic mass is 32.1. The van der Waals surface area contributed by atoms with Gasteiger partial charge in [-0.25, -0.2) is 4.98 Å². The predicted molar refractivity (Wildman–Crippen MR) is 106 cm³/mol. The van der Waals surface area contributed by atoms with Crippen molar-refractivity contribution in [3.63, 3.8) is 0 Å². The molecule has 0 atom stereocenters. The lowest BCUT2D eigenvalue weighted by molar-refractivity contribution is 0.335. The minimum absolute atomic E-state index is 0.671. The van der Waals surface area contributed by atoms with Crippen LogP contribution in [0.3, 0.4) is 0 Å². The lowest BCUT2D eigenvalue weighted by Crippen LogP contribution is -1.98. The Kier molecular flexibility index (Phi) is 5.46. The van der Waals surface area contributed by atoms with Gasteiger partial charge in [0.15, 0.2) is 0 Å². The number of nitrogens with zero attached hydrogens (tertiary/aromatic N) is 2. The first-order valence-corrected chi connectivity index (χ1v) is 9.09. The van der Waals surface area contributed by atoms with Crippen molar-refractivity contribution in [2.45, 2.75) is 20.8 Å². The smallest absolute Gasteiger partial charge is 0.203 e. The van der Waals surface area contributed by atoms with Gasteiger partial charge in [-0.1, -0.05) is 30.3 Å². The zero-order valence-electron chi connectivity index (χ0n) is 14.6. The molecule has 25 heavy (non-hydrogen) atoms. The van der Waals surface area contributed by atoms with Crippen molar-refractivity contribution in [2.75, 3.05) is 12.0 Å². The van der Waals surface area contributed by atoms with Crippen molar-refractivity contribution in [2.24, 2.45) is 5.10 Å². The van der Waals surface area contributed by atoms with E-state index >= 15 is 0 Å². The van der Waals surface area contributed by atoms with Crippen LogP contribution < -0.4 is 10.2 Å². The third-order valence-electron chi connectivity index (χ3n) is 3.72. The monoisotopic (exact) mass is 351 g/mol. The second-order valence-corrected chi connectivity index (χ2v) is 6.55. The highest BCUT2D eigenvalue weighted by molar-refractivity contribution is 7.14. The molecule has 0 spiro atoms. The highest BCUT2D eigenvalue weighted by Gasteiger charge is 2.05. The van der Waals surface area contributed by atoms with E-state index in [-0.39, 0.29) is 0 Å². The summed E-state index contributed by atoms with van der Waals surface area (Å²) in [7, 11) is 0. The van der Waals surface area contributed by atoms with E-state index in [1.54, 1.807) is 6.21 Å². The number of hydrazone groups is 1. The molecular formula is C20H21N3OS. The average Bonchev–Trinajstić information content (AvgIpc) is 3.08. The van der Waals surface area contributed by atoms with Crippen molar-refractivity contribution in [3.05, 3.63) is 64.5 Å². The van der Waals surface area contributed by atoms with Gasteiger partial charge in [-0.05, 0) is 49.6 Å². The van der Waals surface area contributed by atoms with E-state index in [1.807, 2.05) is 42.6 Å². The van der Waals surface area contributed by atoms with Gasteiger partial charge in [0.2, 0.25) is 5.13 Å². The lowest BCUT2D eigenvalue weighted by atomic mass is 10.1. The number of rotatable bonds is 6. The summed E-state index contributed by atoms with van der Waals surface area (Å²) in [6.45, 7) is 6.77. The summed E-state index contributed by atoms with van der Waals surface area (Å²) in [4.78, 5) is 4.56. The molecule has 4 nitrogen and oxygen atoms in total. The molecule has 0 aliphatic carbocycles. The maximum Gasteiger partial charge on any atom is 0.203 e. The largest absolute Gasteiger partial charge is 0.493 e. The van der Waals surface area contributed by atoms with Crippen LogP contribution in [0.2, 0.25) is 0 Å². The lowest BCUT2D eigenvalue weighted by Gasteiger charge is -2.11. The summed E-state index contributed by atoms with van der Waals surface area (Å²) in [5.74, 6) is 0.958. The number of benzene rings is 2. The van der Waals surface area contributed by atoms with Crippen LogP contribution in [0.15, 0.2) is 52.9 Å². The van der Waals surface area contributed by atoms with Gasteiger partial charge in [-0.15, -0.1) is 11.3 Å². The van der Waals surface area contributed by atoms with Crippen LogP contribution >= 0.6 is 11.3 Å². The Balaban J connectivity index is 1.69. The van der Waals surface area contributed by atoms with Gasteiger partial charge in [0.1, 0.15) is 5.75 Å². The Labute approximate surface area is 152 Å². The van der Waals surface area contributed by atoms with Gasteiger partial charge < -0.3 is 4.74 Å². The molecule has 2 aromatic carbocycles. The van der Waals surface area contributed by atoms with E-state index < -0.39 is 0 Å². The molecule has 3 aromatic rings. The van der Waals surface area contributed by atoms with Gasteiger partial charge in [0.25, 0.3) is 0 Å². The number of hydrogen-bond donors (Lipinski definition) is 1. The zero-order chi connectivity index (χ0) is 17.6. The van der Waals surface area contributed by atoms with Crippen LogP contribution in [0.4, 0.5) is 5.13 Å². The van der Waals surface area contributed by atoms with Gasteiger partial charge in [0.05, 0.1) is 18.5 Å². The van der Waals surface area contributed by atoms with Gasteiger partial charge >= 0.3 is 0 Å². The quantitative estimate of drug-likeness (QED) is 0.486. The minimum atomic E-state index is 0.671. The van der Waals surface area contributed by atoms with Crippen LogP contribution in [0.25, 0.3) is 11.3 Å². The molecule has 0 aliphatic heterocycles. The Morgan fingerprint density at radius 2 is 1.88 bits per heavy atom. The van der Waals surface area contributed by atoms with Crippen LogP contribution in [0.1, 0.15) is 23.6 Å². The van der Waals surface area contributed by atoms with Crippen LogP contribution in [0, 0.1) is 13.8 Å². The molecule has 1 aromatic heterocycles. The molecule has 128 valence electrons. The fourth-order valence-corrected chi connectivity index (χ4v) is 3.33. The maximum atomic E-state index is 5.67. The molecule has 1 heterocycles. The predicted octanol–water partition coefficient (Wildman–Crippen LogP) is 5.27. The van der Waals surface area contributed by atoms with Crippen molar-refractivity contribution < 1.29 is 4.74 Å². The normalized spacial score (nSPS) is 11.0. The third-order valence-corrected chi connectivity index (χ3v) is 4.47. The van der Waals surface area contributed by atoms with E-state index in [1.165, 1.54) is 11.3 Å². The molecule has 0 unspecified atom stereocenters. The summed E-state index contributed by atoms with van der Waals surface area (Å²) in [6, 6.07) is 14.3. The summed E-state index contributed by atoms with van der Waals surface area (Å²) in [5.41, 5.74) is 8.33. The van der Waals surface area contributed by atoms with E-state index in [0.29, 0.717) is 6.61 Å². The molecule has 0 bridgehead atoms. The van der Waals surface area contributed by atoms with Crippen molar-refractivity contribution in [1.82, 2.24) is 4.98 Å². The van der Waals surface area contributed by atoms with Crippen molar-refractivity contribution in [3.8, 4) is 17.0 Å². The number of ether oxygens (including phenoxy) is 1. The second kappa shape index (κ2) is 7.94. The van der Waals surface area contributed by atoms with Gasteiger partial charge in [-0.2, -0.15) is 5.10 Å². The molecule has 1 N–H and O–H groups in total. The second-order valence-electron chi connectivity index (χ2n) is 5.69. The van der Waals surface area contributed by atoms with Gasteiger partial charge in [-0.3, -0.25) is 5.43 Å². The molecular weight excluding hydrogens is 330 g/mol. The fraction of sp³-hybridized carbons (Fsp3) is 0.200. The molecule has 0 saturated carbocycles. The fourth-order valence-electron chi connectivity index (χ4n) is 2.66. The van der Waals surface area contributed by atoms with Crippen LogP contribution in [0.5, 0.6) is 5.75 Å². The van der Waals surface area contributed by atoms with Crippen molar-refractivity contribution in [1.29, 1.82) is 0 Å². The summed E-state index contributed by atoms with van der Waals surface area (Å²) < 4.78 is 5.67. The number of aromatic nitrogens is 1. The molecule has 5 heteroatoms. The number of nitrogens with one attached hydrogen (secondary N) is 1. The summed E-state index contributed by atoms with van der Waals surface area (Å²) >= 11 is 1.54. The molecule has 0 fully saturated rings. The molecule has 3 rings (SSSR count). The minimum Gasteiger partial charge on any atom is -0.493 e. The van der Waals surface area contributed by atoms with Crippen LogP contribution in [-0.4, -0.2) is 17.8 Å². The van der Waals surface area contributed by atoms with Gasteiger partial charge in [0, 0.05) is 10.9 Å². The number of anilines is 1. The molecule has 0 amide bonds. The first kappa shape index (κ1) is 17.2. The first-order valence-electron chi connectivity index (χ1n) is 8.21. The number of hydrogen-bond acceptors (Lipinski definition) is 5. The Hall–Kier alpha value is -2.66. The maximum absolute atomic E-state index is 5.67. The SMILES string of the molecule is CCOc1c(C)cc(C=NNc2nc(-c3ccccc3)cs2)cc1C. The Morgan fingerprint density at radius 3 is 2.56 bits per heavy atom. The van der Waals surface area contributed by atoms with Crippen LogP contribution in [-0.2, 0) is 0 Å². The zero-order valence-corrected chi connectivity index (χ0v) is 15.4. The standard InChI is InChI=1S/C20H21N3OS/c1-4-24-19-14(2)10-16(11-15(19)3)12-21-23-20-22-18(13-25-20)17-8-6-5-7-9-17/h5-13H,4H2,1-3H3,(H,22,23). The highest BCUT2D eigenvalue weighted by Crippen LogP contribution is 2.25. The third kappa shape index (κ3) is 4.25. The van der Waals surface area contributed by atoms with E-state index in [4.69, 9.17) is 4.74 Å². The average molecular weight is 351 g/mol. The Bertz CT molecular complexity index is 849. The van der Waals surface area contributed by atoms with Crippen molar-refractivity contribution >= 4 is 22.7 Å². The van der Waals surface area contributed by atoms with E-state index in [0.717, 1.165) is 38.8 Å². The number of thiazole rings is 1. The molecule has 0 radical (unpaired) electrons. The summed E-state index contributed by atoms with van der Waals surface area (Å²) in [6.07, 6.45) is 1.80. The topological polar surface area (TPSA) is 46.5 Å².